The van der Waals surface area contributed by atoms with Gasteiger partial charge in [0.05, 0.1) is 28.4 Å². The number of hydrogen-bond donors (Lipinski definition) is 1. The summed E-state index contributed by atoms with van der Waals surface area (Å²) < 4.78 is 10.9. The van der Waals surface area contributed by atoms with E-state index >= 15 is 0 Å². The van der Waals surface area contributed by atoms with Crippen molar-refractivity contribution in [1.29, 1.82) is 0 Å². The Morgan fingerprint density at radius 2 is 1.69 bits per heavy atom. The maximum atomic E-state index is 13.4. The minimum absolute atomic E-state index is 0.160. The fourth-order valence-electron chi connectivity index (χ4n) is 5.34. The minimum atomic E-state index is -1.90. The molecule has 39 heavy (non-hydrogen) atoms. The first-order chi connectivity index (χ1) is 18.0. The quantitative estimate of drug-likeness (QED) is 0.372. The van der Waals surface area contributed by atoms with Crippen LogP contribution in [0.25, 0.3) is 0 Å². The van der Waals surface area contributed by atoms with Gasteiger partial charge in [-0.05, 0) is 83.4 Å². The molecule has 0 saturated carbocycles. The number of amides is 2. The van der Waals surface area contributed by atoms with Crippen LogP contribution in [0.1, 0.15) is 52.7 Å². The minimum Gasteiger partial charge on any atom is -0.497 e. The molecule has 1 aromatic heterocycles. The van der Waals surface area contributed by atoms with Crippen LogP contribution in [-0.4, -0.2) is 65.2 Å². The number of nitrogens with zero attached hydrogens (tertiary/aromatic N) is 3. The van der Waals surface area contributed by atoms with Crippen LogP contribution in [-0.2, 0) is 27.3 Å². The number of benzene rings is 1. The molecule has 1 fully saturated rings. The summed E-state index contributed by atoms with van der Waals surface area (Å²) in [4.78, 5) is 46.9. The lowest BCUT2D eigenvalue weighted by Gasteiger charge is -2.62. The first-order valence-corrected chi connectivity index (χ1v) is 16.1. The molecule has 2 atom stereocenters. The second kappa shape index (κ2) is 11.0. The van der Waals surface area contributed by atoms with Gasteiger partial charge >= 0.3 is 12.1 Å². The monoisotopic (exact) mass is 555 g/mol. The summed E-state index contributed by atoms with van der Waals surface area (Å²) in [6, 6.07) is 10.9. The van der Waals surface area contributed by atoms with Crippen LogP contribution in [0.15, 0.2) is 42.6 Å². The molecule has 1 aromatic carbocycles. The predicted octanol–water partition coefficient (Wildman–Crippen LogP) is 4.68. The number of likely N-dealkylation sites (tertiary alicyclic amines) is 1. The Morgan fingerprint density at radius 1 is 1.08 bits per heavy atom. The SMILES string of the molecule is COc1ccc(CN(C(=O)OC(C)(C)C)c2cc(C[C@@H]3C(=O)N(C(C)(C)C)[C@]3(C(=O)O)[SiH](C)C)ccn2)cc1. The third-order valence-corrected chi connectivity index (χ3v) is 9.62. The van der Waals surface area contributed by atoms with Crippen molar-refractivity contribution in [2.45, 2.75) is 83.9 Å². The number of carbonyl (C=O) groups is 3. The Balaban J connectivity index is 1.98. The zero-order chi connectivity index (χ0) is 29.3. The predicted molar refractivity (Wildman–Crippen MR) is 153 cm³/mol. The lowest BCUT2D eigenvalue weighted by Crippen LogP contribution is -2.83. The molecule has 10 heteroatoms. The highest BCUT2D eigenvalue weighted by Crippen LogP contribution is 2.47. The van der Waals surface area contributed by atoms with Gasteiger partial charge < -0.3 is 19.5 Å². The van der Waals surface area contributed by atoms with E-state index in [2.05, 4.69) is 4.98 Å². The fraction of sp³-hybridized carbons (Fsp3) is 0.517. The van der Waals surface area contributed by atoms with Crippen molar-refractivity contribution in [3.8, 4) is 5.75 Å². The van der Waals surface area contributed by atoms with Gasteiger partial charge in [0.1, 0.15) is 22.3 Å². The lowest BCUT2D eigenvalue weighted by molar-refractivity contribution is -0.186. The summed E-state index contributed by atoms with van der Waals surface area (Å²) in [5.41, 5.74) is 0.248. The smallest absolute Gasteiger partial charge is 0.416 e. The standard InChI is InChI=1S/C29H41N3O6Si/c1-27(2,3)32-24(33)22(29(32,25(34)35)39(8)9)16-20-14-15-30-23(17-20)31(26(36)38-28(4,5)6)18-19-10-12-21(37-7)13-11-19/h10-15,17,22,39H,16,18H2,1-9H3,(H,34,35)/t22-,29+/m1/s1. The molecule has 1 aliphatic rings. The Kier molecular flexibility index (Phi) is 8.50. The Morgan fingerprint density at radius 3 is 2.18 bits per heavy atom. The molecule has 1 aliphatic heterocycles. The molecule has 1 saturated heterocycles. The number of carbonyl (C=O) groups excluding carboxylic acids is 2. The Bertz CT molecular complexity index is 1220. The summed E-state index contributed by atoms with van der Waals surface area (Å²) >= 11 is 0. The number of ether oxygens (including phenoxy) is 2. The largest absolute Gasteiger partial charge is 0.497 e. The average Bonchev–Trinajstić information content (AvgIpc) is 2.82. The summed E-state index contributed by atoms with van der Waals surface area (Å²) in [5.74, 6) is -0.736. The number of aliphatic carboxylic acids is 1. The van der Waals surface area contributed by atoms with Crippen LogP contribution < -0.4 is 9.64 Å². The van der Waals surface area contributed by atoms with E-state index in [9.17, 15) is 19.5 Å². The van der Waals surface area contributed by atoms with Gasteiger partial charge in [0.15, 0.2) is 0 Å². The van der Waals surface area contributed by atoms with Gasteiger partial charge in [0.25, 0.3) is 0 Å². The maximum absolute atomic E-state index is 13.4. The maximum Gasteiger partial charge on any atom is 0.416 e. The molecule has 0 unspecified atom stereocenters. The molecule has 0 bridgehead atoms. The molecule has 0 spiro atoms. The molecule has 0 radical (unpaired) electrons. The molecule has 2 heterocycles. The number of hydrogen-bond acceptors (Lipinski definition) is 6. The molecule has 2 amide bonds. The third-order valence-electron chi connectivity index (χ3n) is 6.95. The number of carboxylic acids is 1. The molecule has 3 rings (SSSR count). The van der Waals surface area contributed by atoms with Crippen molar-refractivity contribution in [3.05, 3.63) is 53.7 Å². The number of anilines is 1. The summed E-state index contributed by atoms with van der Waals surface area (Å²) in [5, 5.41) is 9.23. The van der Waals surface area contributed by atoms with E-state index < -0.39 is 43.1 Å². The van der Waals surface area contributed by atoms with Gasteiger partial charge in [0, 0.05) is 11.7 Å². The van der Waals surface area contributed by atoms with E-state index in [1.807, 2.05) is 58.1 Å². The van der Waals surface area contributed by atoms with E-state index in [1.165, 1.54) is 4.90 Å². The summed E-state index contributed by atoms with van der Waals surface area (Å²) in [6.07, 6.45) is 1.26. The molecule has 2 aromatic rings. The Labute approximate surface area is 232 Å². The number of β-lactam (4-membered cyclic amide) rings is 1. The lowest BCUT2D eigenvalue weighted by atomic mass is 9.78. The zero-order valence-electron chi connectivity index (χ0n) is 24.4. The van der Waals surface area contributed by atoms with Gasteiger partial charge in [-0.1, -0.05) is 25.2 Å². The van der Waals surface area contributed by atoms with Gasteiger partial charge in [0.2, 0.25) is 5.91 Å². The van der Waals surface area contributed by atoms with Crippen LogP contribution in [0.4, 0.5) is 10.6 Å². The van der Waals surface area contributed by atoms with Crippen molar-refractivity contribution in [3.63, 3.8) is 0 Å². The van der Waals surface area contributed by atoms with Gasteiger partial charge in [-0.2, -0.15) is 0 Å². The van der Waals surface area contributed by atoms with E-state index in [4.69, 9.17) is 9.47 Å². The van der Waals surface area contributed by atoms with Gasteiger partial charge in [-0.15, -0.1) is 0 Å². The normalized spacial score (nSPS) is 19.5. The second-order valence-corrected chi connectivity index (χ2v) is 15.5. The number of rotatable bonds is 8. The van der Waals surface area contributed by atoms with Crippen LogP contribution in [0.3, 0.4) is 0 Å². The van der Waals surface area contributed by atoms with Crippen molar-refractivity contribution >= 4 is 32.6 Å². The zero-order valence-corrected chi connectivity index (χ0v) is 25.6. The van der Waals surface area contributed by atoms with E-state index in [0.717, 1.165) is 11.1 Å². The number of aromatic nitrogens is 1. The van der Waals surface area contributed by atoms with Crippen LogP contribution in [0.2, 0.25) is 13.1 Å². The average molecular weight is 556 g/mol. The van der Waals surface area contributed by atoms with Crippen molar-refractivity contribution < 1.29 is 29.0 Å². The van der Waals surface area contributed by atoms with Crippen molar-refractivity contribution in [2.24, 2.45) is 5.92 Å². The Hall–Kier alpha value is -3.40. The highest BCUT2D eigenvalue weighted by molar-refractivity contribution is 6.66. The molecular weight excluding hydrogens is 514 g/mol. The number of pyridine rings is 1. The third kappa shape index (κ3) is 6.11. The van der Waals surface area contributed by atoms with E-state index in [-0.39, 0.29) is 18.9 Å². The molecule has 1 N–H and O–H groups in total. The van der Waals surface area contributed by atoms with Crippen LogP contribution in [0, 0.1) is 5.92 Å². The second-order valence-electron chi connectivity index (χ2n) is 12.3. The van der Waals surface area contributed by atoms with Crippen molar-refractivity contribution in [1.82, 2.24) is 9.88 Å². The first kappa shape index (κ1) is 30.1. The molecule has 9 nitrogen and oxygen atoms in total. The number of methoxy groups -OCH3 is 1. The highest BCUT2D eigenvalue weighted by Gasteiger charge is 2.68. The summed E-state index contributed by atoms with van der Waals surface area (Å²) in [6.45, 7) is 15.2. The fourth-order valence-corrected chi connectivity index (χ4v) is 7.93. The first-order valence-electron chi connectivity index (χ1n) is 13.2. The van der Waals surface area contributed by atoms with Gasteiger partial charge in [-0.3, -0.25) is 14.5 Å². The van der Waals surface area contributed by atoms with Crippen LogP contribution >= 0.6 is 0 Å². The topological polar surface area (TPSA) is 109 Å². The van der Waals surface area contributed by atoms with Crippen molar-refractivity contribution in [2.75, 3.05) is 12.0 Å². The number of carboxylic acid groups (broad SMARTS) is 1. The van der Waals surface area contributed by atoms with Crippen LogP contribution in [0.5, 0.6) is 5.75 Å². The van der Waals surface area contributed by atoms with E-state index in [1.54, 1.807) is 51.1 Å². The molecule has 0 aliphatic carbocycles. The molecular formula is C29H41N3O6Si. The highest BCUT2D eigenvalue weighted by atomic mass is 28.3. The summed E-state index contributed by atoms with van der Waals surface area (Å²) in [7, 11) is -0.309. The van der Waals surface area contributed by atoms with Gasteiger partial charge in [-0.25, -0.2) is 9.78 Å². The molecule has 212 valence electrons. The van der Waals surface area contributed by atoms with E-state index in [0.29, 0.717) is 11.6 Å².